The minimum absolute atomic E-state index is 0.260. The molecule has 0 spiro atoms. The first-order chi connectivity index (χ1) is 14.2. The lowest BCUT2D eigenvalue weighted by Crippen LogP contribution is -2.30. The molecule has 4 rings (SSSR count). The summed E-state index contributed by atoms with van der Waals surface area (Å²) < 4.78 is 25.5. The number of fused-ring (bicyclic) bond motifs is 3. The number of aromatic nitrogens is 1. The summed E-state index contributed by atoms with van der Waals surface area (Å²) in [4.78, 5) is 3.71. The lowest BCUT2D eigenvalue weighted by atomic mass is 9.97. The number of nitrogens with zero attached hydrogens (tertiary/aromatic N) is 2. The molecular weight excluding hydrogens is 344 g/mol. The summed E-state index contributed by atoms with van der Waals surface area (Å²) in [6.07, 6.45) is 0.417. The maximum absolute atomic E-state index is 8.52. The van der Waals surface area contributed by atoms with Gasteiger partial charge in [-0.05, 0) is 42.8 Å². The first kappa shape index (κ1) is 15.9. The molecule has 0 aliphatic heterocycles. The molecule has 0 aliphatic carbocycles. The topological polar surface area (TPSA) is 21.4 Å². The van der Waals surface area contributed by atoms with Gasteiger partial charge in [0, 0.05) is 25.6 Å². The van der Waals surface area contributed by atoms with Crippen LogP contribution in [-0.4, -0.2) is 0 Å². The van der Waals surface area contributed by atoms with Crippen molar-refractivity contribution in [2.45, 2.75) is 34.1 Å². The average molecular weight is 372 g/mol. The van der Waals surface area contributed by atoms with E-state index >= 15 is 0 Å². The Morgan fingerprint density at radius 3 is 2.54 bits per heavy atom. The first-order valence-corrected chi connectivity index (χ1v) is 9.50. The molecule has 2 aromatic heterocycles. The van der Waals surface area contributed by atoms with Crippen LogP contribution in [0.1, 0.15) is 33.3 Å². The summed E-state index contributed by atoms with van der Waals surface area (Å²) in [5, 5.41) is 1.78. The maximum Gasteiger partial charge on any atom is 0.232 e. The van der Waals surface area contributed by atoms with E-state index in [0.29, 0.717) is 11.1 Å². The summed E-state index contributed by atoms with van der Waals surface area (Å²) in [5.74, 6) is -0.260. The molecule has 2 aromatic carbocycles. The fraction of sp³-hybridized carbons (Fsp3) is 0.280. The van der Waals surface area contributed by atoms with Gasteiger partial charge < -0.3 is 4.42 Å². The van der Waals surface area contributed by atoms with Crippen molar-refractivity contribution in [1.82, 2.24) is 0 Å². The molecule has 0 aliphatic rings. The molecule has 0 bridgehead atoms. The molecule has 4 aromatic rings. The van der Waals surface area contributed by atoms with Crippen LogP contribution in [0.5, 0.6) is 0 Å². The zero-order chi connectivity index (χ0) is 21.8. The van der Waals surface area contributed by atoms with E-state index in [0.717, 1.165) is 38.7 Å². The van der Waals surface area contributed by atoms with Crippen LogP contribution >= 0.6 is 0 Å². The number of benzene rings is 2. The Morgan fingerprint density at radius 2 is 1.82 bits per heavy atom. The van der Waals surface area contributed by atoms with Crippen molar-refractivity contribution in [3.05, 3.63) is 70.7 Å². The third kappa shape index (κ3) is 2.86. The lowest BCUT2D eigenvalue weighted by Gasteiger charge is -2.07. The van der Waals surface area contributed by atoms with Crippen LogP contribution in [0.3, 0.4) is 0 Å². The Hall–Kier alpha value is -3.12. The summed E-state index contributed by atoms with van der Waals surface area (Å²) >= 11 is 0. The third-order valence-corrected chi connectivity index (χ3v) is 5.11. The SMILES string of the molecule is [2H]C([2H])(c1ccc2c(oc3c(-c4cc(C)cc[n+]4C)c(C)ccc32)c1[N+]#[C-])C(C)C. The molecule has 0 radical (unpaired) electrons. The summed E-state index contributed by atoms with van der Waals surface area (Å²) in [7, 11) is 2.01. The molecule has 28 heavy (non-hydrogen) atoms. The number of hydrogen-bond acceptors (Lipinski definition) is 1. The third-order valence-electron chi connectivity index (χ3n) is 5.11. The molecule has 0 N–H and O–H groups in total. The van der Waals surface area contributed by atoms with E-state index in [9.17, 15) is 0 Å². The van der Waals surface area contributed by atoms with Crippen LogP contribution in [0, 0.1) is 26.3 Å². The standard InChI is InChI=1S/C25H25N2O/c1-15(2)13-18-8-10-20-19-9-7-17(4)22(21-14-16(3)11-12-27(21)6)24(19)28-25(20)23(18)26-5/h7-12,14-15H,13H2,1-4,6H3/q+1/i13D2. The van der Waals surface area contributed by atoms with Crippen LogP contribution in [0.4, 0.5) is 5.69 Å². The number of hydrogen-bond donors (Lipinski definition) is 0. The highest BCUT2D eigenvalue weighted by atomic mass is 16.3. The minimum Gasteiger partial charge on any atom is -0.466 e. The highest BCUT2D eigenvalue weighted by Crippen LogP contribution is 2.42. The molecule has 0 saturated heterocycles. The fourth-order valence-electron chi connectivity index (χ4n) is 3.77. The number of pyridine rings is 1. The molecule has 3 nitrogen and oxygen atoms in total. The van der Waals surface area contributed by atoms with Crippen LogP contribution in [0.25, 0.3) is 38.0 Å². The van der Waals surface area contributed by atoms with E-state index in [2.05, 4.69) is 41.5 Å². The van der Waals surface area contributed by atoms with Crippen molar-refractivity contribution >= 4 is 27.6 Å². The predicted molar refractivity (Wildman–Crippen MR) is 115 cm³/mol. The largest absolute Gasteiger partial charge is 0.466 e. The second-order valence-corrected chi connectivity index (χ2v) is 7.69. The highest BCUT2D eigenvalue weighted by Gasteiger charge is 2.22. The van der Waals surface area contributed by atoms with Gasteiger partial charge in [0.15, 0.2) is 6.20 Å². The Bertz CT molecular complexity index is 1340. The van der Waals surface area contributed by atoms with E-state index in [-0.39, 0.29) is 11.6 Å². The van der Waals surface area contributed by atoms with Gasteiger partial charge in [0.2, 0.25) is 11.4 Å². The van der Waals surface area contributed by atoms with Crippen molar-refractivity contribution in [1.29, 1.82) is 0 Å². The molecular formula is C25H25N2O+. The molecule has 2 heterocycles. The van der Waals surface area contributed by atoms with Crippen molar-refractivity contribution in [3.63, 3.8) is 0 Å². The summed E-state index contributed by atoms with van der Waals surface area (Å²) in [6.45, 7) is 15.6. The first-order valence-electron chi connectivity index (χ1n) is 10.5. The Balaban J connectivity index is 2.12. The van der Waals surface area contributed by atoms with E-state index in [1.165, 1.54) is 0 Å². The van der Waals surface area contributed by atoms with Gasteiger partial charge in [-0.3, -0.25) is 0 Å². The van der Waals surface area contributed by atoms with Gasteiger partial charge in [0.05, 0.1) is 12.1 Å². The zero-order valence-electron chi connectivity index (χ0n) is 18.9. The lowest BCUT2D eigenvalue weighted by molar-refractivity contribution is -0.660. The maximum atomic E-state index is 8.52. The molecule has 0 amide bonds. The normalized spacial score (nSPS) is 13.0. The second kappa shape index (κ2) is 6.80. The minimum atomic E-state index is -1.62. The van der Waals surface area contributed by atoms with Crippen molar-refractivity contribution < 1.29 is 11.7 Å². The van der Waals surface area contributed by atoms with Gasteiger partial charge in [-0.25, -0.2) is 9.41 Å². The van der Waals surface area contributed by atoms with Crippen molar-refractivity contribution in [2.24, 2.45) is 13.0 Å². The monoisotopic (exact) mass is 371 g/mol. The molecule has 140 valence electrons. The van der Waals surface area contributed by atoms with Crippen molar-refractivity contribution in [2.75, 3.05) is 0 Å². The number of furan rings is 1. The molecule has 0 atom stereocenters. The number of rotatable bonds is 3. The highest BCUT2D eigenvalue weighted by molar-refractivity contribution is 6.13. The van der Waals surface area contributed by atoms with Crippen LogP contribution < -0.4 is 4.57 Å². The molecule has 0 unspecified atom stereocenters. The second-order valence-electron chi connectivity index (χ2n) is 7.69. The van der Waals surface area contributed by atoms with Gasteiger partial charge in [-0.2, -0.15) is 0 Å². The van der Waals surface area contributed by atoms with Crippen LogP contribution in [0.15, 0.2) is 47.0 Å². The average Bonchev–Trinajstić information content (AvgIpc) is 3.07. The van der Waals surface area contributed by atoms with E-state index in [4.69, 9.17) is 13.7 Å². The van der Waals surface area contributed by atoms with E-state index in [1.54, 1.807) is 6.07 Å². The predicted octanol–water partition coefficient (Wildman–Crippen LogP) is 6.44. The van der Waals surface area contributed by atoms with Gasteiger partial charge in [-0.1, -0.05) is 38.1 Å². The van der Waals surface area contributed by atoms with Gasteiger partial charge in [0.25, 0.3) is 0 Å². The Kier molecular flexibility index (Phi) is 3.86. The molecule has 0 saturated carbocycles. The summed E-state index contributed by atoms with van der Waals surface area (Å²) in [6, 6.07) is 11.9. The molecule has 0 fully saturated rings. The van der Waals surface area contributed by atoms with Gasteiger partial charge >= 0.3 is 0 Å². The van der Waals surface area contributed by atoms with E-state index < -0.39 is 6.37 Å². The zero-order valence-corrected chi connectivity index (χ0v) is 16.9. The molecule has 3 heteroatoms. The Labute approximate surface area is 168 Å². The van der Waals surface area contributed by atoms with Gasteiger partial charge in [0.1, 0.15) is 18.2 Å². The quantitative estimate of drug-likeness (QED) is 0.300. The van der Waals surface area contributed by atoms with Crippen LogP contribution in [-0.2, 0) is 13.4 Å². The van der Waals surface area contributed by atoms with Crippen molar-refractivity contribution in [3.8, 4) is 11.3 Å². The van der Waals surface area contributed by atoms with Crippen LogP contribution in [0.2, 0.25) is 0 Å². The smallest absolute Gasteiger partial charge is 0.232 e. The summed E-state index contributed by atoms with van der Waals surface area (Å²) in [5.41, 5.74) is 6.13. The Morgan fingerprint density at radius 1 is 1.11 bits per heavy atom. The fourth-order valence-corrected chi connectivity index (χ4v) is 3.77. The van der Waals surface area contributed by atoms with E-state index in [1.807, 2.05) is 39.2 Å². The van der Waals surface area contributed by atoms with Gasteiger partial charge in [-0.15, -0.1) is 0 Å². The number of aryl methyl sites for hydroxylation is 3.